The Morgan fingerprint density at radius 1 is 1.06 bits per heavy atom. The molecule has 1 aromatic carbocycles. The van der Waals surface area contributed by atoms with Gasteiger partial charge >= 0.3 is 0 Å². The van der Waals surface area contributed by atoms with Crippen molar-refractivity contribution in [2.24, 2.45) is 7.05 Å². The molecule has 0 unspecified atom stereocenters. The highest BCUT2D eigenvalue weighted by Crippen LogP contribution is 2.07. The van der Waals surface area contributed by atoms with E-state index in [-0.39, 0.29) is 6.61 Å². The first kappa shape index (κ1) is 11.8. The summed E-state index contributed by atoms with van der Waals surface area (Å²) in [5.74, 6) is 1.56. The van der Waals surface area contributed by atoms with Crippen LogP contribution in [-0.4, -0.2) is 19.9 Å². The Morgan fingerprint density at radius 2 is 1.76 bits per heavy atom. The van der Waals surface area contributed by atoms with Crippen LogP contribution >= 0.6 is 0 Å². The molecule has 0 aliphatic rings. The Morgan fingerprint density at radius 3 is 2.41 bits per heavy atom. The number of aryl methyl sites for hydroxylation is 2. The Kier molecular flexibility index (Phi) is 3.88. The fourth-order valence-corrected chi connectivity index (χ4v) is 1.85. The monoisotopic (exact) mass is 231 g/mol. The smallest absolute Gasteiger partial charge is 0.158 e. The van der Waals surface area contributed by atoms with Crippen molar-refractivity contribution < 1.29 is 5.11 Å². The number of aliphatic hydroxyl groups is 1. The van der Waals surface area contributed by atoms with Gasteiger partial charge in [-0.3, -0.25) is 0 Å². The van der Waals surface area contributed by atoms with Crippen molar-refractivity contribution in [3.05, 3.63) is 47.5 Å². The fourth-order valence-electron chi connectivity index (χ4n) is 1.85. The summed E-state index contributed by atoms with van der Waals surface area (Å²) in [7, 11) is 1.89. The average Bonchev–Trinajstić information content (AvgIpc) is 2.72. The molecule has 0 saturated heterocycles. The van der Waals surface area contributed by atoms with Crippen molar-refractivity contribution in [1.82, 2.24) is 14.8 Å². The summed E-state index contributed by atoms with van der Waals surface area (Å²) in [5.41, 5.74) is 1.34. The number of aromatic nitrogens is 3. The number of hydrogen-bond donors (Lipinski definition) is 1. The molecule has 1 N–H and O–H groups in total. The van der Waals surface area contributed by atoms with E-state index in [1.807, 2.05) is 17.7 Å². The number of nitrogens with zero attached hydrogens (tertiary/aromatic N) is 3. The maximum Gasteiger partial charge on any atom is 0.158 e. The lowest BCUT2D eigenvalue weighted by molar-refractivity contribution is 0.266. The summed E-state index contributed by atoms with van der Waals surface area (Å²) in [6.45, 7) is -0.0534. The summed E-state index contributed by atoms with van der Waals surface area (Å²) in [6.07, 6.45) is 2.97. The third-order valence-electron chi connectivity index (χ3n) is 2.91. The Bertz CT molecular complexity index is 465. The van der Waals surface area contributed by atoms with Gasteiger partial charge in [-0.05, 0) is 18.4 Å². The Hall–Kier alpha value is -1.68. The lowest BCUT2D eigenvalue weighted by Crippen LogP contribution is -2.03. The minimum Gasteiger partial charge on any atom is -0.388 e. The third-order valence-corrected chi connectivity index (χ3v) is 2.91. The molecular formula is C13H17N3O. The number of benzene rings is 1. The molecule has 0 spiro atoms. The van der Waals surface area contributed by atoms with E-state index >= 15 is 0 Å². The van der Waals surface area contributed by atoms with Gasteiger partial charge in [0.15, 0.2) is 5.82 Å². The Balaban J connectivity index is 1.88. The first-order valence-corrected chi connectivity index (χ1v) is 5.83. The number of aliphatic hydroxyl groups excluding tert-OH is 1. The normalized spacial score (nSPS) is 10.7. The van der Waals surface area contributed by atoms with Crippen molar-refractivity contribution >= 4 is 0 Å². The molecule has 0 fully saturated rings. The molecule has 17 heavy (non-hydrogen) atoms. The standard InChI is InChI=1S/C13H17N3O/c1-16-12(14-15-13(16)10-17)9-5-8-11-6-3-2-4-7-11/h2-4,6-7,17H,5,8-10H2,1H3. The molecule has 2 rings (SSSR count). The van der Waals surface area contributed by atoms with E-state index in [9.17, 15) is 0 Å². The van der Waals surface area contributed by atoms with Crippen LogP contribution in [0.15, 0.2) is 30.3 Å². The van der Waals surface area contributed by atoms with Gasteiger partial charge in [0.1, 0.15) is 12.4 Å². The molecule has 0 atom stereocenters. The molecule has 0 aliphatic heterocycles. The second kappa shape index (κ2) is 5.59. The zero-order valence-corrected chi connectivity index (χ0v) is 10.0. The molecule has 2 aromatic rings. The van der Waals surface area contributed by atoms with Gasteiger partial charge in [-0.1, -0.05) is 30.3 Å². The van der Waals surface area contributed by atoms with E-state index < -0.39 is 0 Å². The van der Waals surface area contributed by atoms with Gasteiger partial charge in [-0.25, -0.2) is 0 Å². The van der Waals surface area contributed by atoms with Gasteiger partial charge in [-0.2, -0.15) is 0 Å². The SMILES string of the molecule is Cn1c(CO)nnc1CCCc1ccccc1. The van der Waals surface area contributed by atoms with Gasteiger partial charge in [0.05, 0.1) is 0 Å². The van der Waals surface area contributed by atoms with Crippen molar-refractivity contribution in [3.8, 4) is 0 Å². The average molecular weight is 231 g/mol. The number of hydrogen-bond acceptors (Lipinski definition) is 3. The molecular weight excluding hydrogens is 214 g/mol. The maximum atomic E-state index is 9.01. The molecule has 1 heterocycles. The molecule has 4 nitrogen and oxygen atoms in total. The summed E-state index contributed by atoms with van der Waals surface area (Å²) in [5, 5.41) is 17.0. The van der Waals surface area contributed by atoms with E-state index in [2.05, 4.69) is 34.5 Å². The van der Waals surface area contributed by atoms with Crippen molar-refractivity contribution in [2.45, 2.75) is 25.9 Å². The van der Waals surface area contributed by atoms with Gasteiger partial charge in [0.2, 0.25) is 0 Å². The third kappa shape index (κ3) is 2.91. The van der Waals surface area contributed by atoms with Crippen molar-refractivity contribution in [3.63, 3.8) is 0 Å². The maximum absolute atomic E-state index is 9.01. The highest BCUT2D eigenvalue weighted by Gasteiger charge is 2.06. The molecule has 0 amide bonds. The van der Waals surface area contributed by atoms with Gasteiger partial charge in [0.25, 0.3) is 0 Å². The van der Waals surface area contributed by atoms with Crippen LogP contribution in [0.4, 0.5) is 0 Å². The van der Waals surface area contributed by atoms with Crippen molar-refractivity contribution in [1.29, 1.82) is 0 Å². The van der Waals surface area contributed by atoms with E-state index in [0.717, 1.165) is 25.1 Å². The zero-order valence-electron chi connectivity index (χ0n) is 10.0. The highest BCUT2D eigenvalue weighted by atomic mass is 16.3. The van der Waals surface area contributed by atoms with Gasteiger partial charge < -0.3 is 9.67 Å². The van der Waals surface area contributed by atoms with Crippen LogP contribution in [0.5, 0.6) is 0 Å². The summed E-state index contributed by atoms with van der Waals surface area (Å²) < 4.78 is 1.87. The minimum atomic E-state index is -0.0534. The topological polar surface area (TPSA) is 50.9 Å². The van der Waals surface area contributed by atoms with Crippen LogP contribution in [0.2, 0.25) is 0 Å². The van der Waals surface area contributed by atoms with Crippen molar-refractivity contribution in [2.75, 3.05) is 0 Å². The van der Waals surface area contributed by atoms with Crippen LogP contribution in [-0.2, 0) is 26.5 Å². The van der Waals surface area contributed by atoms with Crippen LogP contribution in [0.3, 0.4) is 0 Å². The summed E-state index contributed by atoms with van der Waals surface area (Å²) >= 11 is 0. The quantitative estimate of drug-likeness (QED) is 0.848. The molecule has 0 aliphatic carbocycles. The first-order valence-electron chi connectivity index (χ1n) is 5.83. The van der Waals surface area contributed by atoms with E-state index in [1.165, 1.54) is 5.56 Å². The lowest BCUT2D eigenvalue weighted by atomic mass is 10.1. The van der Waals surface area contributed by atoms with E-state index in [4.69, 9.17) is 5.11 Å². The van der Waals surface area contributed by atoms with E-state index in [1.54, 1.807) is 0 Å². The molecule has 0 saturated carbocycles. The number of rotatable bonds is 5. The second-order valence-corrected chi connectivity index (χ2v) is 4.09. The van der Waals surface area contributed by atoms with Gasteiger partial charge in [0, 0.05) is 13.5 Å². The predicted octanol–water partition coefficient (Wildman–Crippen LogP) is 1.48. The zero-order chi connectivity index (χ0) is 12.1. The van der Waals surface area contributed by atoms with Crippen LogP contribution in [0.1, 0.15) is 23.6 Å². The molecule has 0 bridgehead atoms. The predicted molar refractivity (Wildman–Crippen MR) is 65.4 cm³/mol. The molecule has 4 heteroatoms. The molecule has 1 aromatic heterocycles. The second-order valence-electron chi connectivity index (χ2n) is 4.09. The summed E-state index contributed by atoms with van der Waals surface area (Å²) in [4.78, 5) is 0. The minimum absolute atomic E-state index is 0.0534. The largest absolute Gasteiger partial charge is 0.388 e. The van der Waals surface area contributed by atoms with E-state index in [0.29, 0.717) is 5.82 Å². The molecule has 90 valence electrons. The fraction of sp³-hybridized carbons (Fsp3) is 0.385. The first-order chi connectivity index (χ1) is 8.31. The summed E-state index contributed by atoms with van der Waals surface area (Å²) in [6, 6.07) is 10.4. The Labute approximate surface area is 101 Å². The van der Waals surface area contributed by atoms with Crippen LogP contribution in [0, 0.1) is 0 Å². The van der Waals surface area contributed by atoms with Crippen LogP contribution < -0.4 is 0 Å². The molecule has 0 radical (unpaired) electrons. The highest BCUT2D eigenvalue weighted by molar-refractivity contribution is 5.14. The van der Waals surface area contributed by atoms with Gasteiger partial charge in [-0.15, -0.1) is 10.2 Å². The lowest BCUT2D eigenvalue weighted by Gasteiger charge is -2.02. The van der Waals surface area contributed by atoms with Crippen LogP contribution in [0.25, 0.3) is 0 Å².